The lowest BCUT2D eigenvalue weighted by molar-refractivity contribution is 0.0378. The number of rotatable bonds is 3. The minimum absolute atomic E-state index is 0.0673. The molecule has 0 unspecified atom stereocenters. The van der Waals surface area contributed by atoms with Crippen molar-refractivity contribution in [3.63, 3.8) is 0 Å². The molecule has 0 saturated carbocycles. The summed E-state index contributed by atoms with van der Waals surface area (Å²) in [6.07, 6.45) is -0.0673. The predicted molar refractivity (Wildman–Crippen MR) is 61.1 cm³/mol. The highest BCUT2D eigenvalue weighted by Crippen LogP contribution is 2.15. The van der Waals surface area contributed by atoms with E-state index in [1.807, 2.05) is 38.1 Å². The van der Waals surface area contributed by atoms with Crippen molar-refractivity contribution in [3.8, 4) is 0 Å². The van der Waals surface area contributed by atoms with Crippen LogP contribution in [0.1, 0.15) is 49.5 Å². The van der Waals surface area contributed by atoms with Gasteiger partial charge in [-0.15, -0.1) is 0 Å². The monoisotopic (exact) mass is 206 g/mol. The van der Waals surface area contributed by atoms with Crippen LogP contribution in [0.3, 0.4) is 0 Å². The van der Waals surface area contributed by atoms with E-state index in [2.05, 4.69) is 13.8 Å². The molecule has 0 saturated heterocycles. The highest BCUT2D eigenvalue weighted by atomic mass is 16.5. The first-order valence-electron chi connectivity index (χ1n) is 5.31. The summed E-state index contributed by atoms with van der Waals surface area (Å²) in [4.78, 5) is 11.5. The smallest absolute Gasteiger partial charge is 0.338 e. The Morgan fingerprint density at radius 1 is 1.07 bits per heavy atom. The van der Waals surface area contributed by atoms with E-state index in [9.17, 15) is 4.79 Å². The molecule has 2 nitrogen and oxygen atoms in total. The van der Waals surface area contributed by atoms with Gasteiger partial charge in [0.25, 0.3) is 0 Å². The van der Waals surface area contributed by atoms with E-state index >= 15 is 0 Å². The fourth-order valence-electron chi connectivity index (χ4n) is 1.29. The Bertz CT molecular complexity index is 323. The Morgan fingerprint density at radius 3 is 2.00 bits per heavy atom. The van der Waals surface area contributed by atoms with Gasteiger partial charge < -0.3 is 4.74 Å². The van der Waals surface area contributed by atoms with Gasteiger partial charge in [-0.1, -0.05) is 26.0 Å². The molecule has 1 aromatic carbocycles. The quantitative estimate of drug-likeness (QED) is 0.709. The van der Waals surface area contributed by atoms with E-state index in [1.54, 1.807) is 0 Å². The first-order valence-corrected chi connectivity index (χ1v) is 5.31. The molecule has 0 aliphatic carbocycles. The van der Waals surface area contributed by atoms with Gasteiger partial charge in [0.1, 0.15) is 0 Å². The zero-order chi connectivity index (χ0) is 11.4. The van der Waals surface area contributed by atoms with Gasteiger partial charge in [0.2, 0.25) is 0 Å². The van der Waals surface area contributed by atoms with Gasteiger partial charge in [0, 0.05) is 0 Å². The molecule has 0 radical (unpaired) electrons. The summed E-state index contributed by atoms with van der Waals surface area (Å²) in [5.41, 5.74) is 1.85. The average Bonchev–Trinajstić information content (AvgIpc) is 2.17. The molecule has 0 aromatic heterocycles. The first-order chi connectivity index (χ1) is 7.00. The Labute approximate surface area is 91.3 Å². The first kappa shape index (κ1) is 11.8. The number of carbonyl (C=O) groups excluding carboxylic acids is 1. The van der Waals surface area contributed by atoms with Gasteiger partial charge >= 0.3 is 5.97 Å². The lowest BCUT2D eigenvalue weighted by atomic mass is 10.0. The molecule has 1 aromatic rings. The minimum Gasteiger partial charge on any atom is -0.459 e. The van der Waals surface area contributed by atoms with Crippen LogP contribution in [-0.2, 0) is 4.74 Å². The van der Waals surface area contributed by atoms with Crippen LogP contribution in [0.25, 0.3) is 0 Å². The summed E-state index contributed by atoms with van der Waals surface area (Å²) in [5.74, 6) is 0.237. The lowest BCUT2D eigenvalue weighted by Crippen LogP contribution is -2.11. The van der Waals surface area contributed by atoms with Crippen molar-refractivity contribution in [2.45, 2.75) is 39.7 Å². The zero-order valence-electron chi connectivity index (χ0n) is 9.78. The fourth-order valence-corrected chi connectivity index (χ4v) is 1.29. The van der Waals surface area contributed by atoms with Crippen LogP contribution < -0.4 is 0 Å². The number of hydrogen-bond acceptors (Lipinski definition) is 2. The standard InChI is InChI=1S/C13H18O2/c1-9(2)11-5-7-12(8-6-11)13(14)15-10(3)4/h5-10H,1-4H3. The molecule has 1 rings (SSSR count). The Morgan fingerprint density at radius 2 is 1.60 bits per heavy atom. The van der Waals surface area contributed by atoms with E-state index in [4.69, 9.17) is 4.74 Å². The van der Waals surface area contributed by atoms with Gasteiger partial charge in [0.15, 0.2) is 0 Å². The second-order valence-electron chi connectivity index (χ2n) is 4.23. The number of hydrogen-bond donors (Lipinski definition) is 0. The molecule has 0 aliphatic rings. The molecular formula is C13H18O2. The number of benzene rings is 1. The third-order valence-electron chi connectivity index (χ3n) is 2.16. The van der Waals surface area contributed by atoms with Crippen molar-refractivity contribution in [2.24, 2.45) is 0 Å². The lowest BCUT2D eigenvalue weighted by Gasteiger charge is -2.09. The summed E-state index contributed by atoms with van der Waals surface area (Å²) in [6, 6.07) is 7.59. The van der Waals surface area contributed by atoms with Gasteiger partial charge in [0.05, 0.1) is 11.7 Å². The average molecular weight is 206 g/mol. The van der Waals surface area contributed by atoms with Crippen molar-refractivity contribution >= 4 is 5.97 Å². The topological polar surface area (TPSA) is 26.3 Å². The van der Waals surface area contributed by atoms with Gasteiger partial charge in [-0.05, 0) is 37.5 Å². The van der Waals surface area contributed by atoms with Gasteiger partial charge in [-0.3, -0.25) is 0 Å². The fraction of sp³-hybridized carbons (Fsp3) is 0.462. The van der Waals surface area contributed by atoms with E-state index in [0.717, 1.165) is 0 Å². The van der Waals surface area contributed by atoms with Gasteiger partial charge in [-0.2, -0.15) is 0 Å². The maximum Gasteiger partial charge on any atom is 0.338 e. The van der Waals surface area contributed by atoms with Crippen LogP contribution in [0.15, 0.2) is 24.3 Å². The maximum absolute atomic E-state index is 11.5. The summed E-state index contributed by atoms with van der Waals surface area (Å²) in [7, 11) is 0. The molecule has 82 valence electrons. The SMILES string of the molecule is CC(C)OC(=O)c1ccc(C(C)C)cc1. The molecule has 0 spiro atoms. The summed E-state index contributed by atoms with van der Waals surface area (Å²) >= 11 is 0. The van der Waals surface area contributed by atoms with Crippen molar-refractivity contribution < 1.29 is 9.53 Å². The molecule has 0 heterocycles. The van der Waals surface area contributed by atoms with E-state index < -0.39 is 0 Å². The van der Waals surface area contributed by atoms with Crippen LogP contribution in [0, 0.1) is 0 Å². The molecule has 15 heavy (non-hydrogen) atoms. The zero-order valence-corrected chi connectivity index (χ0v) is 9.78. The van der Waals surface area contributed by atoms with Crippen LogP contribution in [-0.4, -0.2) is 12.1 Å². The van der Waals surface area contributed by atoms with Crippen LogP contribution in [0.2, 0.25) is 0 Å². The highest BCUT2D eigenvalue weighted by Gasteiger charge is 2.09. The normalized spacial score (nSPS) is 10.8. The number of carbonyl (C=O) groups is 1. The second kappa shape index (κ2) is 4.96. The predicted octanol–water partition coefficient (Wildman–Crippen LogP) is 3.38. The van der Waals surface area contributed by atoms with Crippen molar-refractivity contribution in [1.82, 2.24) is 0 Å². The highest BCUT2D eigenvalue weighted by molar-refractivity contribution is 5.89. The summed E-state index contributed by atoms with van der Waals surface area (Å²) in [6.45, 7) is 7.95. The molecule has 2 heteroatoms. The maximum atomic E-state index is 11.5. The van der Waals surface area contributed by atoms with E-state index in [1.165, 1.54) is 5.56 Å². The third kappa shape index (κ3) is 3.39. The van der Waals surface area contributed by atoms with Gasteiger partial charge in [-0.25, -0.2) is 4.79 Å². The van der Waals surface area contributed by atoms with E-state index in [0.29, 0.717) is 11.5 Å². The minimum atomic E-state index is -0.250. The molecule has 0 fully saturated rings. The van der Waals surface area contributed by atoms with Crippen LogP contribution in [0.5, 0.6) is 0 Å². The van der Waals surface area contributed by atoms with E-state index in [-0.39, 0.29) is 12.1 Å². The molecule has 0 atom stereocenters. The third-order valence-corrected chi connectivity index (χ3v) is 2.16. The molecule has 0 bridgehead atoms. The molecule has 0 N–H and O–H groups in total. The summed E-state index contributed by atoms with van der Waals surface area (Å²) in [5, 5.41) is 0. The molecule has 0 amide bonds. The Balaban J connectivity index is 2.75. The largest absolute Gasteiger partial charge is 0.459 e. The van der Waals surface area contributed by atoms with Crippen molar-refractivity contribution in [3.05, 3.63) is 35.4 Å². The Kier molecular flexibility index (Phi) is 3.89. The second-order valence-corrected chi connectivity index (χ2v) is 4.23. The number of ether oxygens (including phenoxy) is 1. The van der Waals surface area contributed by atoms with Crippen LogP contribution >= 0.6 is 0 Å². The van der Waals surface area contributed by atoms with Crippen molar-refractivity contribution in [1.29, 1.82) is 0 Å². The molecular weight excluding hydrogens is 188 g/mol. The number of esters is 1. The molecule has 0 aliphatic heterocycles. The van der Waals surface area contributed by atoms with Crippen LogP contribution in [0.4, 0.5) is 0 Å². The van der Waals surface area contributed by atoms with Crippen molar-refractivity contribution in [2.75, 3.05) is 0 Å². The summed E-state index contributed by atoms with van der Waals surface area (Å²) < 4.78 is 5.10. The Hall–Kier alpha value is -1.31.